The van der Waals surface area contributed by atoms with Gasteiger partial charge in [-0.2, -0.15) is 0 Å². The molecule has 5 heteroatoms. The van der Waals surface area contributed by atoms with Crippen LogP contribution >= 0.6 is 0 Å². The molecule has 1 N–H and O–H groups in total. The van der Waals surface area contributed by atoms with Crippen molar-refractivity contribution < 1.29 is 14.3 Å². The molecule has 1 atom stereocenters. The predicted molar refractivity (Wildman–Crippen MR) is 111 cm³/mol. The van der Waals surface area contributed by atoms with Crippen molar-refractivity contribution in [1.82, 2.24) is 5.32 Å². The average Bonchev–Trinajstić information content (AvgIpc) is 2.86. The third-order valence-electron chi connectivity index (χ3n) is 5.01. The van der Waals surface area contributed by atoms with Crippen LogP contribution in [0, 0.1) is 13.8 Å². The summed E-state index contributed by atoms with van der Waals surface area (Å²) in [6.45, 7) is 10.5. The number of benzene rings is 2. The van der Waals surface area contributed by atoms with Gasteiger partial charge >= 0.3 is 0 Å². The lowest BCUT2D eigenvalue weighted by molar-refractivity contribution is -0.126. The molecular formula is C23H28N2O3. The number of rotatable bonds is 6. The number of hydrogen-bond donors (Lipinski definition) is 1. The van der Waals surface area contributed by atoms with Gasteiger partial charge < -0.3 is 15.0 Å². The molecule has 3 rings (SSSR count). The standard InChI is InChI=1S/C23H28N2O3/c1-14(2)18-8-6-16(4)13-21(18)28-11-10-25-20-9-7-15(3)12-19(20)22(23(25)27)24-17(5)26/h6-9,12-14,22H,10-11H2,1-5H3,(H,24,26)/t22-/m0/s1. The van der Waals surface area contributed by atoms with E-state index in [1.807, 2.05) is 38.1 Å². The van der Waals surface area contributed by atoms with Gasteiger partial charge in [-0.1, -0.05) is 43.7 Å². The van der Waals surface area contributed by atoms with Crippen LogP contribution in [0.1, 0.15) is 55.0 Å². The highest BCUT2D eigenvalue weighted by atomic mass is 16.5. The maximum atomic E-state index is 12.9. The summed E-state index contributed by atoms with van der Waals surface area (Å²) in [5.74, 6) is 0.888. The zero-order valence-corrected chi connectivity index (χ0v) is 17.2. The average molecular weight is 380 g/mol. The molecule has 0 radical (unpaired) electrons. The van der Waals surface area contributed by atoms with Crippen LogP contribution in [0.2, 0.25) is 0 Å². The lowest BCUT2D eigenvalue weighted by Crippen LogP contribution is -2.38. The third kappa shape index (κ3) is 4.03. The number of nitrogens with zero attached hydrogens (tertiary/aromatic N) is 1. The summed E-state index contributed by atoms with van der Waals surface area (Å²) >= 11 is 0. The topological polar surface area (TPSA) is 58.6 Å². The molecule has 2 aromatic carbocycles. The molecule has 1 aliphatic heterocycles. The van der Waals surface area contributed by atoms with Crippen molar-refractivity contribution >= 4 is 17.5 Å². The van der Waals surface area contributed by atoms with Crippen molar-refractivity contribution in [3.05, 3.63) is 58.7 Å². The van der Waals surface area contributed by atoms with Gasteiger partial charge in [0.05, 0.1) is 6.54 Å². The molecule has 0 saturated carbocycles. The van der Waals surface area contributed by atoms with E-state index in [0.29, 0.717) is 19.1 Å². The van der Waals surface area contributed by atoms with Gasteiger partial charge in [-0.15, -0.1) is 0 Å². The Morgan fingerprint density at radius 2 is 1.82 bits per heavy atom. The van der Waals surface area contributed by atoms with Crippen LogP contribution < -0.4 is 15.0 Å². The SMILES string of the molecule is CC(=O)N[C@@H]1C(=O)N(CCOc2cc(C)ccc2C(C)C)c2ccc(C)cc21. The zero-order chi connectivity index (χ0) is 20.4. The first-order valence-electron chi connectivity index (χ1n) is 9.70. The van der Waals surface area contributed by atoms with Crippen LogP contribution in [0.4, 0.5) is 5.69 Å². The number of nitrogens with one attached hydrogen (secondary N) is 1. The molecule has 2 aromatic rings. The Labute approximate surface area is 166 Å². The monoisotopic (exact) mass is 380 g/mol. The van der Waals surface area contributed by atoms with E-state index in [2.05, 4.69) is 31.3 Å². The van der Waals surface area contributed by atoms with Crippen LogP contribution in [0.15, 0.2) is 36.4 Å². The molecule has 2 amide bonds. The summed E-state index contributed by atoms with van der Waals surface area (Å²) in [6, 6.07) is 11.5. The molecule has 28 heavy (non-hydrogen) atoms. The number of carbonyl (C=O) groups is 2. The second-order valence-corrected chi connectivity index (χ2v) is 7.73. The molecule has 0 saturated heterocycles. The Hall–Kier alpha value is -2.82. The van der Waals surface area contributed by atoms with E-state index in [0.717, 1.165) is 33.7 Å². The van der Waals surface area contributed by atoms with Crippen LogP contribution in [-0.2, 0) is 9.59 Å². The molecule has 0 bridgehead atoms. The second kappa shape index (κ2) is 8.05. The van der Waals surface area contributed by atoms with Crippen LogP contribution in [0.3, 0.4) is 0 Å². The summed E-state index contributed by atoms with van der Waals surface area (Å²) in [5, 5.41) is 2.77. The quantitative estimate of drug-likeness (QED) is 0.823. The minimum atomic E-state index is -0.627. The van der Waals surface area contributed by atoms with E-state index in [1.54, 1.807) is 4.90 Å². The van der Waals surface area contributed by atoms with E-state index in [4.69, 9.17) is 4.74 Å². The zero-order valence-electron chi connectivity index (χ0n) is 17.2. The predicted octanol–water partition coefficient (Wildman–Crippen LogP) is 4.03. The largest absolute Gasteiger partial charge is 0.491 e. The fourth-order valence-corrected chi connectivity index (χ4v) is 3.62. The van der Waals surface area contributed by atoms with Crippen molar-refractivity contribution in [2.45, 2.75) is 46.6 Å². The van der Waals surface area contributed by atoms with Crippen LogP contribution in [0.5, 0.6) is 5.75 Å². The van der Waals surface area contributed by atoms with Gasteiger partial charge in [0.15, 0.2) is 0 Å². The van der Waals surface area contributed by atoms with Gasteiger partial charge in [0.2, 0.25) is 5.91 Å². The van der Waals surface area contributed by atoms with Gasteiger partial charge in [0.1, 0.15) is 18.4 Å². The van der Waals surface area contributed by atoms with Gasteiger partial charge in [0, 0.05) is 18.2 Å². The number of amides is 2. The van der Waals surface area contributed by atoms with Crippen molar-refractivity contribution in [3.63, 3.8) is 0 Å². The van der Waals surface area contributed by atoms with Crippen molar-refractivity contribution in [2.24, 2.45) is 0 Å². The Kier molecular flexibility index (Phi) is 5.73. The van der Waals surface area contributed by atoms with Crippen LogP contribution in [0.25, 0.3) is 0 Å². The molecule has 0 aliphatic carbocycles. The molecule has 0 spiro atoms. The third-order valence-corrected chi connectivity index (χ3v) is 5.01. The molecule has 1 aliphatic rings. The van der Waals surface area contributed by atoms with E-state index >= 15 is 0 Å². The first kappa shape index (κ1) is 19.9. The minimum absolute atomic E-state index is 0.118. The summed E-state index contributed by atoms with van der Waals surface area (Å²) in [6.07, 6.45) is 0. The Balaban J connectivity index is 1.77. The fourth-order valence-electron chi connectivity index (χ4n) is 3.62. The lowest BCUT2D eigenvalue weighted by Gasteiger charge is -2.20. The second-order valence-electron chi connectivity index (χ2n) is 7.73. The summed E-state index contributed by atoms with van der Waals surface area (Å²) in [5.41, 5.74) is 5.04. The minimum Gasteiger partial charge on any atom is -0.491 e. The molecule has 148 valence electrons. The first-order chi connectivity index (χ1) is 13.3. The molecule has 0 fully saturated rings. The number of carbonyl (C=O) groups excluding carboxylic acids is 2. The first-order valence-corrected chi connectivity index (χ1v) is 9.70. The summed E-state index contributed by atoms with van der Waals surface area (Å²) in [7, 11) is 0. The maximum absolute atomic E-state index is 12.9. The lowest BCUT2D eigenvalue weighted by atomic mass is 10.0. The van der Waals surface area contributed by atoms with E-state index < -0.39 is 6.04 Å². The molecule has 0 unspecified atom stereocenters. The van der Waals surface area contributed by atoms with Crippen molar-refractivity contribution in [1.29, 1.82) is 0 Å². The number of fused-ring (bicyclic) bond motifs is 1. The van der Waals surface area contributed by atoms with E-state index in [9.17, 15) is 9.59 Å². The maximum Gasteiger partial charge on any atom is 0.254 e. The van der Waals surface area contributed by atoms with Gasteiger partial charge in [0.25, 0.3) is 5.91 Å². The number of ether oxygens (including phenoxy) is 1. The molecule has 5 nitrogen and oxygen atoms in total. The van der Waals surface area contributed by atoms with Crippen molar-refractivity contribution in [2.75, 3.05) is 18.1 Å². The normalized spacial score (nSPS) is 15.7. The van der Waals surface area contributed by atoms with E-state index in [-0.39, 0.29) is 11.8 Å². The molecule has 0 aromatic heterocycles. The van der Waals surface area contributed by atoms with Gasteiger partial charge in [-0.05, 0) is 43.0 Å². The van der Waals surface area contributed by atoms with E-state index in [1.165, 1.54) is 6.92 Å². The Morgan fingerprint density at radius 3 is 2.50 bits per heavy atom. The Morgan fingerprint density at radius 1 is 1.14 bits per heavy atom. The highest BCUT2D eigenvalue weighted by molar-refractivity contribution is 6.06. The smallest absolute Gasteiger partial charge is 0.254 e. The highest BCUT2D eigenvalue weighted by Gasteiger charge is 2.37. The van der Waals surface area contributed by atoms with Crippen LogP contribution in [-0.4, -0.2) is 25.0 Å². The molecular weight excluding hydrogens is 352 g/mol. The Bertz CT molecular complexity index is 905. The number of hydrogen-bond acceptors (Lipinski definition) is 3. The highest BCUT2D eigenvalue weighted by Crippen LogP contribution is 2.36. The molecule has 1 heterocycles. The number of aryl methyl sites for hydroxylation is 2. The van der Waals surface area contributed by atoms with Crippen molar-refractivity contribution in [3.8, 4) is 5.75 Å². The summed E-state index contributed by atoms with van der Waals surface area (Å²) in [4.78, 5) is 26.2. The summed E-state index contributed by atoms with van der Waals surface area (Å²) < 4.78 is 6.06. The van der Waals surface area contributed by atoms with Gasteiger partial charge in [-0.3, -0.25) is 9.59 Å². The van der Waals surface area contributed by atoms with Gasteiger partial charge in [-0.25, -0.2) is 0 Å². The number of anilines is 1. The fraction of sp³-hybridized carbons (Fsp3) is 0.391.